The standard InChI is InChI=1S/C19H27FN2O/c20-17-6-3-15(4-7-17)19(23)16-5-8-18-13-21(11-14-1-2-14)9-10-22(18)12-16/h3-4,6-7,14,16,18-19,23H,1-2,5,8-13H2/t16?,18?,19-/m1/s1. The molecule has 2 saturated heterocycles. The number of nitrogens with zero attached hydrogens (tertiary/aromatic N) is 2. The molecule has 0 radical (unpaired) electrons. The second-order valence-corrected chi connectivity index (χ2v) is 7.69. The van der Waals surface area contributed by atoms with Gasteiger partial charge in [0.05, 0.1) is 6.10 Å². The summed E-state index contributed by atoms with van der Waals surface area (Å²) in [6, 6.07) is 7.00. The summed E-state index contributed by atoms with van der Waals surface area (Å²) >= 11 is 0. The van der Waals surface area contributed by atoms with Crippen LogP contribution >= 0.6 is 0 Å². The minimum absolute atomic E-state index is 0.239. The molecule has 3 atom stereocenters. The summed E-state index contributed by atoms with van der Waals surface area (Å²) in [5, 5.41) is 10.6. The quantitative estimate of drug-likeness (QED) is 0.924. The summed E-state index contributed by atoms with van der Waals surface area (Å²) in [5.74, 6) is 1.00. The van der Waals surface area contributed by atoms with Crippen molar-refractivity contribution in [3.05, 3.63) is 35.6 Å². The third kappa shape index (κ3) is 3.59. The monoisotopic (exact) mass is 318 g/mol. The van der Waals surface area contributed by atoms with Gasteiger partial charge in [0.25, 0.3) is 0 Å². The van der Waals surface area contributed by atoms with Gasteiger partial charge in [0.1, 0.15) is 5.82 Å². The molecule has 23 heavy (non-hydrogen) atoms. The molecule has 1 N–H and O–H groups in total. The fraction of sp³-hybridized carbons (Fsp3) is 0.684. The topological polar surface area (TPSA) is 26.7 Å². The third-order valence-corrected chi connectivity index (χ3v) is 5.90. The molecule has 0 amide bonds. The van der Waals surface area contributed by atoms with E-state index in [0.717, 1.165) is 31.0 Å². The fourth-order valence-electron chi connectivity index (χ4n) is 4.29. The summed E-state index contributed by atoms with van der Waals surface area (Å²) in [7, 11) is 0. The van der Waals surface area contributed by atoms with E-state index in [4.69, 9.17) is 0 Å². The van der Waals surface area contributed by atoms with Gasteiger partial charge in [-0.3, -0.25) is 4.90 Å². The zero-order valence-electron chi connectivity index (χ0n) is 13.7. The minimum Gasteiger partial charge on any atom is -0.388 e. The molecule has 3 fully saturated rings. The average Bonchev–Trinajstić information content (AvgIpc) is 3.38. The SMILES string of the molecule is O[C@H](c1ccc(F)cc1)C1CCC2CN(CC3CC3)CCN2C1. The van der Waals surface area contributed by atoms with Crippen LogP contribution in [0.3, 0.4) is 0 Å². The third-order valence-electron chi connectivity index (χ3n) is 5.90. The molecule has 0 aromatic heterocycles. The van der Waals surface area contributed by atoms with Crippen molar-refractivity contribution in [2.24, 2.45) is 11.8 Å². The first kappa shape index (κ1) is 15.6. The molecule has 0 spiro atoms. The maximum absolute atomic E-state index is 13.1. The lowest BCUT2D eigenvalue weighted by molar-refractivity contribution is -0.0126. The maximum atomic E-state index is 13.1. The Morgan fingerprint density at radius 2 is 1.83 bits per heavy atom. The predicted molar refractivity (Wildman–Crippen MR) is 88.6 cm³/mol. The molecule has 126 valence electrons. The van der Waals surface area contributed by atoms with Crippen LogP contribution in [0.5, 0.6) is 0 Å². The molecule has 1 aromatic rings. The highest BCUT2D eigenvalue weighted by Gasteiger charge is 2.36. The summed E-state index contributed by atoms with van der Waals surface area (Å²) in [6.45, 7) is 5.78. The van der Waals surface area contributed by atoms with E-state index in [-0.39, 0.29) is 11.7 Å². The highest BCUT2D eigenvalue weighted by molar-refractivity contribution is 5.19. The Kier molecular flexibility index (Phi) is 4.39. The zero-order valence-corrected chi connectivity index (χ0v) is 13.7. The van der Waals surface area contributed by atoms with E-state index in [2.05, 4.69) is 9.80 Å². The van der Waals surface area contributed by atoms with Gasteiger partial charge in [0.15, 0.2) is 0 Å². The van der Waals surface area contributed by atoms with Gasteiger partial charge in [-0.2, -0.15) is 0 Å². The molecule has 3 aliphatic rings. The van der Waals surface area contributed by atoms with Crippen LogP contribution in [0.1, 0.15) is 37.4 Å². The Bertz CT molecular complexity index is 531. The Morgan fingerprint density at radius 3 is 2.57 bits per heavy atom. The van der Waals surface area contributed by atoms with Crippen LogP contribution in [0.15, 0.2) is 24.3 Å². The van der Waals surface area contributed by atoms with Crippen LogP contribution in [-0.2, 0) is 0 Å². The normalized spacial score (nSPS) is 30.9. The van der Waals surface area contributed by atoms with Crippen LogP contribution in [0.4, 0.5) is 4.39 Å². The number of rotatable bonds is 4. The summed E-state index contributed by atoms with van der Waals surface area (Å²) in [5.41, 5.74) is 0.849. The van der Waals surface area contributed by atoms with Crippen molar-refractivity contribution in [2.75, 3.05) is 32.7 Å². The van der Waals surface area contributed by atoms with E-state index in [1.54, 1.807) is 12.1 Å². The van der Waals surface area contributed by atoms with E-state index < -0.39 is 6.10 Å². The van der Waals surface area contributed by atoms with Crippen molar-refractivity contribution < 1.29 is 9.50 Å². The molecule has 4 heteroatoms. The molecule has 0 bridgehead atoms. The lowest BCUT2D eigenvalue weighted by Gasteiger charge is -2.47. The number of benzene rings is 1. The molecule has 1 saturated carbocycles. The Labute approximate surface area is 138 Å². The number of piperazine rings is 1. The van der Waals surface area contributed by atoms with Gasteiger partial charge in [-0.05, 0) is 49.3 Å². The second kappa shape index (κ2) is 6.50. The molecule has 4 rings (SSSR count). The molecular formula is C19H27FN2O. The summed E-state index contributed by atoms with van der Waals surface area (Å²) in [4.78, 5) is 5.22. The predicted octanol–water partition coefficient (Wildman–Crippen LogP) is 2.67. The Hall–Kier alpha value is -0.970. The van der Waals surface area contributed by atoms with Gasteiger partial charge in [0.2, 0.25) is 0 Å². The van der Waals surface area contributed by atoms with Crippen LogP contribution < -0.4 is 0 Å². The number of fused-ring (bicyclic) bond motifs is 1. The van der Waals surface area contributed by atoms with Crippen molar-refractivity contribution >= 4 is 0 Å². The molecule has 3 nitrogen and oxygen atoms in total. The van der Waals surface area contributed by atoms with Crippen molar-refractivity contribution in [2.45, 2.75) is 37.8 Å². The van der Waals surface area contributed by atoms with Gasteiger partial charge in [0, 0.05) is 44.7 Å². The molecule has 2 aliphatic heterocycles. The van der Waals surface area contributed by atoms with Crippen molar-refractivity contribution in [3.8, 4) is 0 Å². The first-order valence-electron chi connectivity index (χ1n) is 9.09. The van der Waals surface area contributed by atoms with E-state index in [9.17, 15) is 9.50 Å². The fourth-order valence-corrected chi connectivity index (χ4v) is 4.29. The summed E-state index contributed by atoms with van der Waals surface area (Å²) < 4.78 is 13.1. The largest absolute Gasteiger partial charge is 0.388 e. The molecular weight excluding hydrogens is 291 g/mol. The highest BCUT2D eigenvalue weighted by Crippen LogP contribution is 2.35. The number of hydrogen-bond donors (Lipinski definition) is 1. The summed E-state index contributed by atoms with van der Waals surface area (Å²) in [6.07, 6.45) is 4.62. The lowest BCUT2D eigenvalue weighted by Crippen LogP contribution is -2.57. The number of halogens is 1. The van der Waals surface area contributed by atoms with E-state index in [1.807, 2.05) is 0 Å². The number of hydrogen-bond acceptors (Lipinski definition) is 3. The lowest BCUT2D eigenvalue weighted by atomic mass is 9.85. The van der Waals surface area contributed by atoms with Crippen LogP contribution in [0.25, 0.3) is 0 Å². The zero-order chi connectivity index (χ0) is 15.8. The van der Waals surface area contributed by atoms with Gasteiger partial charge in [-0.15, -0.1) is 0 Å². The van der Waals surface area contributed by atoms with E-state index in [0.29, 0.717) is 6.04 Å². The van der Waals surface area contributed by atoms with Gasteiger partial charge >= 0.3 is 0 Å². The van der Waals surface area contributed by atoms with Crippen LogP contribution in [-0.4, -0.2) is 53.7 Å². The van der Waals surface area contributed by atoms with Crippen LogP contribution in [0, 0.1) is 17.7 Å². The van der Waals surface area contributed by atoms with Gasteiger partial charge < -0.3 is 10.0 Å². The van der Waals surface area contributed by atoms with Gasteiger partial charge in [-0.1, -0.05) is 12.1 Å². The van der Waals surface area contributed by atoms with Gasteiger partial charge in [-0.25, -0.2) is 4.39 Å². The van der Waals surface area contributed by atoms with Crippen molar-refractivity contribution in [1.82, 2.24) is 9.80 Å². The molecule has 1 aliphatic carbocycles. The maximum Gasteiger partial charge on any atom is 0.123 e. The molecule has 1 aromatic carbocycles. The number of aliphatic hydroxyl groups excluding tert-OH is 1. The Morgan fingerprint density at radius 1 is 1.04 bits per heavy atom. The number of aliphatic hydroxyl groups is 1. The van der Waals surface area contributed by atoms with Crippen molar-refractivity contribution in [1.29, 1.82) is 0 Å². The average molecular weight is 318 g/mol. The smallest absolute Gasteiger partial charge is 0.123 e. The highest BCUT2D eigenvalue weighted by atomic mass is 19.1. The molecule has 2 unspecified atom stereocenters. The van der Waals surface area contributed by atoms with Crippen LogP contribution in [0.2, 0.25) is 0 Å². The molecule has 2 heterocycles. The second-order valence-electron chi connectivity index (χ2n) is 7.69. The van der Waals surface area contributed by atoms with E-state index in [1.165, 1.54) is 51.0 Å². The minimum atomic E-state index is -0.471. The van der Waals surface area contributed by atoms with Crippen molar-refractivity contribution in [3.63, 3.8) is 0 Å². The first-order valence-corrected chi connectivity index (χ1v) is 9.09. The number of piperidine rings is 1. The Balaban J connectivity index is 1.34. The first-order chi connectivity index (χ1) is 11.2. The van der Waals surface area contributed by atoms with E-state index >= 15 is 0 Å².